The second-order valence-corrected chi connectivity index (χ2v) is 20.1. The molecule has 2 saturated heterocycles. The van der Waals surface area contributed by atoms with E-state index in [-0.39, 0.29) is 79.9 Å². The van der Waals surface area contributed by atoms with E-state index in [1.54, 1.807) is 48.0 Å². The third kappa shape index (κ3) is 14.3. The standard InChI is InChI=1S/C52H81NO13/c1-31-15-11-10-12-16-32(2)39(29-54)27-40-20-18-37(7)52(62,66-40)49(59)50(60)53-22-14-13-17-42(53)51(61)65-45(34(4)25-38-19-21-44(63-8)46(26-38)64-9)28-43(56)33(3)24-36(6)48(58)41(30-55)47(57)35(5)23-31/h10-12,15-16,24,31,33-35,37-42,44-46,48,54-55,58,62H,13-14,17-23,25-30H2,1-9H3/b12-10+,15-11+,32-16+,36-24+/t31-,33-,34-,35-,37-,38+,39-,40+,41+,42+,44-,45+,46-,48-,52-/m1/s1. The molecule has 0 unspecified atom stereocenters. The highest BCUT2D eigenvalue weighted by molar-refractivity contribution is 6.39. The summed E-state index contributed by atoms with van der Waals surface area (Å²) in [7, 11) is 3.32. The molecule has 3 aliphatic heterocycles. The molecule has 0 aromatic heterocycles. The van der Waals surface area contributed by atoms with Crippen LogP contribution in [0.1, 0.15) is 126 Å². The Morgan fingerprint density at radius 1 is 0.848 bits per heavy atom. The lowest BCUT2D eigenvalue weighted by atomic mass is 9.78. The third-order valence-electron chi connectivity index (χ3n) is 15.0. The summed E-state index contributed by atoms with van der Waals surface area (Å²) in [6, 6.07) is -1.15. The Labute approximate surface area is 393 Å². The molecule has 2 bridgehead atoms. The number of ketones is 3. The number of cyclic esters (lactones) is 1. The molecule has 372 valence electrons. The predicted octanol–water partition coefficient (Wildman–Crippen LogP) is 6.02. The molecule has 15 atom stereocenters. The SMILES string of the molecule is CO[C@@H]1CC[C@@H](C[C@@H](C)[C@@H]2CC(=O)[C@H](C)/C=C(\C)[C@@H](O)[C@@H](CO)C(=O)[C@H](C)C[C@H](C)/C=C/C=C/C=C(\C)[C@@H](CO)C[C@@H]3CC[C@@H](C)[C@@](O)(O3)C(=O)C(=O)N3CCCC[C@H]3C(=O)O2)C[C@H]1OC. The van der Waals surface area contributed by atoms with Crippen molar-refractivity contribution in [3.63, 3.8) is 0 Å². The van der Waals surface area contributed by atoms with Gasteiger partial charge in [0, 0.05) is 57.5 Å². The Balaban J connectivity index is 1.70. The number of methoxy groups -OCH3 is 2. The molecule has 1 aliphatic carbocycles. The van der Waals surface area contributed by atoms with Crippen molar-refractivity contribution < 1.29 is 63.3 Å². The molecule has 14 nitrogen and oxygen atoms in total. The molecule has 4 aliphatic rings. The average molecular weight is 928 g/mol. The number of rotatable bonds is 7. The molecule has 4 N–H and O–H groups in total. The minimum atomic E-state index is -2.45. The molecule has 0 aromatic carbocycles. The third-order valence-corrected chi connectivity index (χ3v) is 15.0. The van der Waals surface area contributed by atoms with Crippen molar-refractivity contribution in [3.05, 3.63) is 47.6 Å². The van der Waals surface area contributed by atoms with E-state index in [0.29, 0.717) is 50.5 Å². The maximum absolute atomic E-state index is 14.4. The Kier molecular flexibility index (Phi) is 21.6. The number of aliphatic hydroxyl groups excluding tert-OH is 3. The molecule has 0 aromatic rings. The van der Waals surface area contributed by atoms with Gasteiger partial charge in [0.15, 0.2) is 0 Å². The van der Waals surface area contributed by atoms with Crippen LogP contribution in [0.5, 0.6) is 0 Å². The zero-order chi connectivity index (χ0) is 48.9. The van der Waals surface area contributed by atoms with Crippen molar-refractivity contribution in [1.29, 1.82) is 0 Å². The fourth-order valence-corrected chi connectivity index (χ4v) is 10.5. The number of hydrogen-bond acceptors (Lipinski definition) is 13. The zero-order valence-electron chi connectivity index (χ0n) is 41.1. The molecule has 3 fully saturated rings. The van der Waals surface area contributed by atoms with E-state index in [1.807, 2.05) is 51.2 Å². The highest BCUT2D eigenvalue weighted by Gasteiger charge is 2.53. The van der Waals surface area contributed by atoms with Crippen LogP contribution in [0.25, 0.3) is 0 Å². The lowest BCUT2D eigenvalue weighted by molar-refractivity contribution is -0.265. The number of aliphatic hydroxyl groups is 4. The number of esters is 1. The van der Waals surface area contributed by atoms with Gasteiger partial charge in [-0.1, -0.05) is 76.6 Å². The van der Waals surface area contributed by atoms with Crippen LogP contribution in [0, 0.1) is 47.3 Å². The fraction of sp³-hybridized carbons (Fsp3) is 0.750. The lowest BCUT2D eigenvalue weighted by Gasteiger charge is -2.43. The van der Waals surface area contributed by atoms with Crippen LogP contribution in [-0.4, -0.2) is 131 Å². The normalized spacial score (nSPS) is 40.0. The molecule has 14 heteroatoms. The number of Topliss-reactive ketones (excluding diaryl/α,β-unsaturated/α-hetero) is 3. The van der Waals surface area contributed by atoms with Gasteiger partial charge in [-0.05, 0) is 108 Å². The second kappa shape index (κ2) is 25.8. The van der Waals surface area contributed by atoms with Gasteiger partial charge in [-0.3, -0.25) is 19.2 Å². The molecule has 4 rings (SSSR count). The largest absolute Gasteiger partial charge is 0.460 e. The number of carbonyl (C=O) groups excluding carboxylic acids is 5. The summed E-state index contributed by atoms with van der Waals surface area (Å²) in [6.07, 6.45) is 13.6. The minimum Gasteiger partial charge on any atom is -0.460 e. The van der Waals surface area contributed by atoms with Crippen molar-refractivity contribution in [1.82, 2.24) is 4.90 Å². The Morgan fingerprint density at radius 3 is 2.23 bits per heavy atom. The van der Waals surface area contributed by atoms with E-state index >= 15 is 0 Å². The summed E-state index contributed by atoms with van der Waals surface area (Å²) in [4.78, 5) is 71.8. The van der Waals surface area contributed by atoms with Crippen molar-refractivity contribution in [3.8, 4) is 0 Å². The Bertz CT molecular complexity index is 1770. The molecule has 3 heterocycles. The number of amides is 1. The number of fused-ring (bicyclic) bond motifs is 3. The number of piperidine rings is 1. The summed E-state index contributed by atoms with van der Waals surface area (Å²) in [5.74, 6) is -9.54. The molecule has 1 saturated carbocycles. The first-order valence-corrected chi connectivity index (χ1v) is 24.5. The minimum absolute atomic E-state index is 0.0168. The van der Waals surface area contributed by atoms with Gasteiger partial charge in [0.2, 0.25) is 5.79 Å². The van der Waals surface area contributed by atoms with Crippen molar-refractivity contribution in [2.45, 2.75) is 168 Å². The summed E-state index contributed by atoms with van der Waals surface area (Å²) >= 11 is 0. The van der Waals surface area contributed by atoms with Crippen LogP contribution >= 0.6 is 0 Å². The van der Waals surface area contributed by atoms with Gasteiger partial charge in [0.05, 0.1) is 36.9 Å². The molecule has 0 spiro atoms. The summed E-state index contributed by atoms with van der Waals surface area (Å²) in [5.41, 5.74) is 1.21. The van der Waals surface area contributed by atoms with Crippen LogP contribution in [0.4, 0.5) is 0 Å². The molecular weight excluding hydrogens is 847 g/mol. The van der Waals surface area contributed by atoms with Crippen LogP contribution in [0.3, 0.4) is 0 Å². The molecule has 1 amide bonds. The van der Waals surface area contributed by atoms with E-state index in [1.165, 1.54) is 4.90 Å². The summed E-state index contributed by atoms with van der Waals surface area (Å²) in [5, 5.41) is 44.1. The van der Waals surface area contributed by atoms with E-state index in [9.17, 15) is 44.4 Å². The van der Waals surface area contributed by atoms with Gasteiger partial charge in [0.25, 0.3) is 11.7 Å². The van der Waals surface area contributed by atoms with Crippen LogP contribution in [-0.2, 0) is 42.9 Å². The number of carbonyl (C=O) groups is 5. The van der Waals surface area contributed by atoms with E-state index in [0.717, 1.165) is 18.4 Å². The van der Waals surface area contributed by atoms with Gasteiger partial charge < -0.3 is 44.3 Å². The number of allylic oxidation sites excluding steroid dienone is 6. The number of ether oxygens (including phenoxy) is 4. The smallest absolute Gasteiger partial charge is 0.329 e. The topological polar surface area (TPSA) is 206 Å². The monoisotopic (exact) mass is 928 g/mol. The molecular formula is C52H81NO13. The average Bonchev–Trinajstić information content (AvgIpc) is 3.30. The molecule has 0 radical (unpaired) electrons. The summed E-state index contributed by atoms with van der Waals surface area (Å²) in [6.45, 7) is 11.8. The van der Waals surface area contributed by atoms with E-state index in [4.69, 9.17) is 18.9 Å². The predicted molar refractivity (Wildman–Crippen MR) is 249 cm³/mol. The van der Waals surface area contributed by atoms with Crippen molar-refractivity contribution >= 4 is 29.2 Å². The molecule has 66 heavy (non-hydrogen) atoms. The van der Waals surface area contributed by atoms with Crippen molar-refractivity contribution in [2.24, 2.45) is 47.3 Å². The first kappa shape index (κ1) is 55.2. The number of nitrogens with zero attached hydrogens (tertiary/aromatic N) is 1. The first-order chi connectivity index (χ1) is 31.3. The maximum atomic E-state index is 14.4. The van der Waals surface area contributed by atoms with Gasteiger partial charge in [0.1, 0.15) is 23.7 Å². The van der Waals surface area contributed by atoms with Gasteiger partial charge in [-0.25, -0.2) is 4.79 Å². The maximum Gasteiger partial charge on any atom is 0.329 e. The highest BCUT2D eigenvalue weighted by Crippen LogP contribution is 2.38. The Morgan fingerprint density at radius 2 is 1.56 bits per heavy atom. The van der Waals surface area contributed by atoms with E-state index < -0.39 is 78.1 Å². The van der Waals surface area contributed by atoms with Gasteiger partial charge in [-0.15, -0.1) is 0 Å². The summed E-state index contributed by atoms with van der Waals surface area (Å²) < 4.78 is 23.8. The van der Waals surface area contributed by atoms with Gasteiger partial charge in [-0.2, -0.15) is 0 Å². The fourth-order valence-electron chi connectivity index (χ4n) is 10.5. The quantitative estimate of drug-likeness (QED) is 0.131. The highest BCUT2D eigenvalue weighted by atomic mass is 16.6. The first-order valence-electron chi connectivity index (χ1n) is 24.5. The Hall–Kier alpha value is -3.37. The van der Waals surface area contributed by atoms with Crippen molar-refractivity contribution in [2.75, 3.05) is 34.0 Å². The zero-order valence-corrected chi connectivity index (χ0v) is 41.1. The lowest BCUT2D eigenvalue weighted by Crippen LogP contribution is -2.60. The second-order valence-electron chi connectivity index (χ2n) is 20.1. The van der Waals surface area contributed by atoms with Crippen LogP contribution in [0.15, 0.2) is 47.6 Å². The van der Waals surface area contributed by atoms with Crippen LogP contribution < -0.4 is 0 Å². The van der Waals surface area contributed by atoms with Crippen LogP contribution in [0.2, 0.25) is 0 Å². The van der Waals surface area contributed by atoms with E-state index in [2.05, 4.69) is 0 Å². The van der Waals surface area contributed by atoms with Gasteiger partial charge >= 0.3 is 5.97 Å². The number of hydrogen-bond donors (Lipinski definition) is 4.